The fourth-order valence-electron chi connectivity index (χ4n) is 3.40. The van der Waals surface area contributed by atoms with E-state index in [2.05, 4.69) is 10.3 Å². The minimum Gasteiger partial charge on any atom is -0.380 e. The molecule has 136 valence electrons. The van der Waals surface area contributed by atoms with E-state index in [0.717, 1.165) is 27.9 Å². The van der Waals surface area contributed by atoms with Crippen LogP contribution in [0.2, 0.25) is 0 Å². The standard InChI is InChI=1S/C22H20FN3O/c23-19-5-1-3-16(13-19)9-12-26-15-18-4-2-6-20(21(18)22(26)27)25-14-17-7-10-24-11-8-17/h1-8,10-11,13,25H,9,12,14-15H2. The summed E-state index contributed by atoms with van der Waals surface area (Å²) >= 11 is 0. The van der Waals surface area contributed by atoms with Gasteiger partial charge < -0.3 is 10.2 Å². The van der Waals surface area contributed by atoms with E-state index in [0.29, 0.717) is 26.1 Å². The maximum atomic E-state index is 13.3. The second-order valence-electron chi connectivity index (χ2n) is 6.66. The highest BCUT2D eigenvalue weighted by Gasteiger charge is 2.29. The van der Waals surface area contributed by atoms with Crippen molar-refractivity contribution in [3.63, 3.8) is 0 Å². The highest BCUT2D eigenvalue weighted by atomic mass is 19.1. The minimum atomic E-state index is -0.244. The van der Waals surface area contributed by atoms with Crippen LogP contribution in [0, 0.1) is 5.82 Å². The normalized spacial score (nSPS) is 12.9. The van der Waals surface area contributed by atoms with Crippen molar-refractivity contribution in [1.82, 2.24) is 9.88 Å². The zero-order chi connectivity index (χ0) is 18.6. The zero-order valence-corrected chi connectivity index (χ0v) is 14.9. The quantitative estimate of drug-likeness (QED) is 0.721. The number of rotatable bonds is 6. The van der Waals surface area contributed by atoms with Gasteiger partial charge in [-0.15, -0.1) is 0 Å². The Morgan fingerprint density at radius 1 is 1.04 bits per heavy atom. The van der Waals surface area contributed by atoms with E-state index in [9.17, 15) is 9.18 Å². The fourth-order valence-corrected chi connectivity index (χ4v) is 3.40. The molecule has 0 unspecified atom stereocenters. The summed E-state index contributed by atoms with van der Waals surface area (Å²) in [4.78, 5) is 18.8. The van der Waals surface area contributed by atoms with Gasteiger partial charge in [-0.05, 0) is 53.4 Å². The van der Waals surface area contributed by atoms with E-state index >= 15 is 0 Å². The van der Waals surface area contributed by atoms with Gasteiger partial charge in [-0.3, -0.25) is 9.78 Å². The Morgan fingerprint density at radius 2 is 1.85 bits per heavy atom. The van der Waals surface area contributed by atoms with E-state index in [1.54, 1.807) is 18.5 Å². The summed E-state index contributed by atoms with van der Waals surface area (Å²) in [6, 6.07) is 16.3. The van der Waals surface area contributed by atoms with Crippen LogP contribution in [-0.4, -0.2) is 22.3 Å². The second-order valence-corrected chi connectivity index (χ2v) is 6.66. The lowest BCUT2D eigenvalue weighted by Gasteiger charge is -2.16. The van der Waals surface area contributed by atoms with E-state index in [1.807, 2.05) is 41.3 Å². The van der Waals surface area contributed by atoms with Gasteiger partial charge in [-0.2, -0.15) is 0 Å². The first-order valence-electron chi connectivity index (χ1n) is 8.99. The number of anilines is 1. The third kappa shape index (κ3) is 3.82. The van der Waals surface area contributed by atoms with Gasteiger partial charge in [-0.25, -0.2) is 4.39 Å². The van der Waals surface area contributed by atoms with Crippen LogP contribution in [0.3, 0.4) is 0 Å². The summed E-state index contributed by atoms with van der Waals surface area (Å²) in [5.41, 5.74) is 4.62. The van der Waals surface area contributed by atoms with Crippen LogP contribution < -0.4 is 5.32 Å². The molecule has 0 saturated heterocycles. The number of carbonyl (C=O) groups is 1. The maximum absolute atomic E-state index is 13.3. The van der Waals surface area contributed by atoms with Crippen LogP contribution in [0.25, 0.3) is 0 Å². The van der Waals surface area contributed by atoms with E-state index < -0.39 is 0 Å². The Bertz CT molecular complexity index is 959. The van der Waals surface area contributed by atoms with E-state index in [-0.39, 0.29) is 11.7 Å². The number of hydrogen-bond donors (Lipinski definition) is 1. The first-order valence-corrected chi connectivity index (χ1v) is 8.99. The second kappa shape index (κ2) is 7.58. The molecule has 1 amide bonds. The van der Waals surface area contributed by atoms with Crippen molar-refractivity contribution in [3.05, 3.63) is 95.1 Å². The predicted molar refractivity (Wildman–Crippen MR) is 103 cm³/mol. The zero-order valence-electron chi connectivity index (χ0n) is 14.9. The van der Waals surface area contributed by atoms with Crippen molar-refractivity contribution < 1.29 is 9.18 Å². The van der Waals surface area contributed by atoms with Crippen molar-refractivity contribution in [2.24, 2.45) is 0 Å². The Labute approximate surface area is 157 Å². The number of nitrogens with one attached hydrogen (secondary N) is 1. The van der Waals surface area contributed by atoms with Gasteiger partial charge in [-0.1, -0.05) is 24.3 Å². The summed E-state index contributed by atoms with van der Waals surface area (Å²) in [6.07, 6.45) is 4.15. The topological polar surface area (TPSA) is 45.2 Å². The van der Waals surface area contributed by atoms with Crippen LogP contribution in [-0.2, 0) is 19.5 Å². The predicted octanol–water partition coefficient (Wildman–Crippen LogP) is 4.03. The lowest BCUT2D eigenvalue weighted by Crippen LogP contribution is -2.26. The van der Waals surface area contributed by atoms with E-state index in [1.165, 1.54) is 12.1 Å². The number of pyridine rings is 1. The summed E-state index contributed by atoms with van der Waals surface area (Å²) in [5.74, 6) is -0.217. The SMILES string of the molecule is O=C1c2c(cccc2NCc2ccncc2)CN1CCc1cccc(F)c1. The smallest absolute Gasteiger partial charge is 0.256 e. The molecule has 0 aliphatic carbocycles. The Kier molecular flexibility index (Phi) is 4.83. The summed E-state index contributed by atoms with van der Waals surface area (Å²) in [7, 11) is 0. The molecular weight excluding hydrogens is 341 g/mol. The van der Waals surface area contributed by atoms with Crippen LogP contribution in [0.1, 0.15) is 27.0 Å². The number of aromatic nitrogens is 1. The molecule has 0 radical (unpaired) electrons. The third-order valence-electron chi connectivity index (χ3n) is 4.80. The molecule has 0 atom stereocenters. The molecule has 1 aliphatic rings. The molecule has 3 aromatic rings. The minimum absolute atomic E-state index is 0.0271. The van der Waals surface area contributed by atoms with Crippen LogP contribution in [0.15, 0.2) is 67.0 Å². The average molecular weight is 361 g/mol. The molecule has 1 N–H and O–H groups in total. The Hall–Kier alpha value is -3.21. The van der Waals surface area contributed by atoms with Crippen molar-refractivity contribution in [3.8, 4) is 0 Å². The molecule has 1 aliphatic heterocycles. The third-order valence-corrected chi connectivity index (χ3v) is 4.80. The van der Waals surface area contributed by atoms with Crippen LogP contribution >= 0.6 is 0 Å². The molecule has 27 heavy (non-hydrogen) atoms. The molecule has 2 heterocycles. The van der Waals surface area contributed by atoms with Crippen molar-refractivity contribution in [2.75, 3.05) is 11.9 Å². The number of fused-ring (bicyclic) bond motifs is 1. The summed E-state index contributed by atoms with van der Waals surface area (Å²) < 4.78 is 13.3. The Balaban J connectivity index is 1.45. The Morgan fingerprint density at radius 3 is 2.67 bits per heavy atom. The van der Waals surface area contributed by atoms with Crippen molar-refractivity contribution in [2.45, 2.75) is 19.5 Å². The van der Waals surface area contributed by atoms with Gasteiger partial charge in [0.05, 0.1) is 5.56 Å². The molecule has 0 spiro atoms. The van der Waals surface area contributed by atoms with Crippen molar-refractivity contribution >= 4 is 11.6 Å². The number of amides is 1. The summed E-state index contributed by atoms with van der Waals surface area (Å²) in [5, 5.41) is 3.37. The number of hydrogen-bond acceptors (Lipinski definition) is 3. The van der Waals surface area contributed by atoms with E-state index in [4.69, 9.17) is 0 Å². The number of halogens is 1. The highest BCUT2D eigenvalue weighted by molar-refractivity contribution is 6.03. The van der Waals surface area contributed by atoms with Gasteiger partial charge in [0, 0.05) is 37.7 Å². The lowest BCUT2D eigenvalue weighted by atomic mass is 10.1. The molecule has 1 aromatic heterocycles. The summed E-state index contributed by atoms with van der Waals surface area (Å²) in [6.45, 7) is 1.80. The molecule has 0 saturated carbocycles. The molecule has 2 aromatic carbocycles. The lowest BCUT2D eigenvalue weighted by molar-refractivity contribution is 0.0781. The van der Waals surface area contributed by atoms with Crippen LogP contribution in [0.5, 0.6) is 0 Å². The van der Waals surface area contributed by atoms with Crippen LogP contribution in [0.4, 0.5) is 10.1 Å². The van der Waals surface area contributed by atoms with Gasteiger partial charge in [0.15, 0.2) is 0 Å². The first kappa shape index (κ1) is 17.2. The van der Waals surface area contributed by atoms with Gasteiger partial charge in [0.2, 0.25) is 0 Å². The molecule has 0 bridgehead atoms. The monoisotopic (exact) mass is 361 g/mol. The molecular formula is C22H20FN3O. The largest absolute Gasteiger partial charge is 0.380 e. The van der Waals surface area contributed by atoms with Gasteiger partial charge >= 0.3 is 0 Å². The molecule has 4 rings (SSSR count). The number of carbonyl (C=O) groups excluding carboxylic acids is 1. The number of benzene rings is 2. The van der Waals surface area contributed by atoms with Crippen molar-refractivity contribution in [1.29, 1.82) is 0 Å². The first-order chi connectivity index (χ1) is 13.2. The van der Waals surface area contributed by atoms with Gasteiger partial charge in [0.25, 0.3) is 5.91 Å². The fraction of sp³-hybridized carbons (Fsp3) is 0.182. The molecule has 0 fully saturated rings. The highest BCUT2D eigenvalue weighted by Crippen LogP contribution is 2.29. The molecule has 4 nitrogen and oxygen atoms in total. The molecule has 5 heteroatoms. The number of nitrogens with zero attached hydrogens (tertiary/aromatic N) is 2. The average Bonchev–Trinajstić information content (AvgIpc) is 3.02. The van der Waals surface area contributed by atoms with Gasteiger partial charge in [0.1, 0.15) is 5.82 Å². The maximum Gasteiger partial charge on any atom is 0.256 e.